The average molecular weight is 433 g/mol. The summed E-state index contributed by atoms with van der Waals surface area (Å²) in [6.07, 6.45) is 2.81. The molecule has 1 atom stereocenters. The van der Waals surface area contributed by atoms with E-state index in [0.29, 0.717) is 6.42 Å². The van der Waals surface area contributed by atoms with Gasteiger partial charge in [0.25, 0.3) is 5.91 Å². The summed E-state index contributed by atoms with van der Waals surface area (Å²) in [6, 6.07) is 4.53. The third kappa shape index (κ3) is 5.32. The summed E-state index contributed by atoms with van der Waals surface area (Å²) in [5.74, 6) is -3.79. The van der Waals surface area contributed by atoms with E-state index in [2.05, 4.69) is 20.3 Å². The maximum Gasteiger partial charge on any atom is 0.274 e. The van der Waals surface area contributed by atoms with Crippen LogP contribution in [0.2, 0.25) is 0 Å². The van der Waals surface area contributed by atoms with Gasteiger partial charge < -0.3 is 20.9 Å². The number of hydrogen-bond donors (Lipinski definition) is 3. The lowest BCUT2D eigenvalue weighted by Gasteiger charge is -2.13. The van der Waals surface area contributed by atoms with Crippen LogP contribution < -0.4 is 15.8 Å². The molecule has 0 spiro atoms. The van der Waals surface area contributed by atoms with Gasteiger partial charge in [-0.05, 0) is 30.7 Å². The first-order valence-corrected chi connectivity index (χ1v) is 9.12. The predicted octanol–water partition coefficient (Wildman–Crippen LogP) is 2.30. The van der Waals surface area contributed by atoms with Crippen molar-refractivity contribution in [2.24, 2.45) is 5.73 Å². The second-order valence-corrected chi connectivity index (χ2v) is 6.40. The van der Waals surface area contributed by atoms with Gasteiger partial charge in [0.1, 0.15) is 40.9 Å². The lowest BCUT2D eigenvalue weighted by atomic mass is 10.1. The van der Waals surface area contributed by atoms with Gasteiger partial charge >= 0.3 is 0 Å². The number of nitrogens with zero attached hydrogens (tertiary/aromatic N) is 3. The normalized spacial score (nSPS) is 11.8. The fraction of sp³-hybridized carbons (Fsp3) is 0.200. The van der Waals surface area contributed by atoms with Crippen LogP contribution in [-0.4, -0.2) is 45.2 Å². The highest BCUT2D eigenvalue weighted by molar-refractivity contribution is 6.03. The molecule has 11 heteroatoms. The molecule has 0 aliphatic heterocycles. The van der Waals surface area contributed by atoms with Gasteiger partial charge in [0, 0.05) is 6.04 Å². The van der Waals surface area contributed by atoms with Gasteiger partial charge in [0.2, 0.25) is 5.88 Å². The molecule has 3 aromatic rings. The molecule has 8 nitrogen and oxygen atoms in total. The Kier molecular flexibility index (Phi) is 7.11. The first kappa shape index (κ1) is 22.1. The number of aromatic nitrogens is 3. The highest BCUT2D eigenvalue weighted by Gasteiger charge is 2.20. The summed E-state index contributed by atoms with van der Waals surface area (Å²) in [4.78, 5) is 24.1. The average Bonchev–Trinajstić information content (AvgIpc) is 2.75. The van der Waals surface area contributed by atoms with Crippen molar-refractivity contribution in [2.45, 2.75) is 12.5 Å². The number of ether oxygens (including phenoxy) is 1. The Morgan fingerprint density at radius 1 is 1.16 bits per heavy atom. The number of pyridine rings is 1. The van der Waals surface area contributed by atoms with Crippen molar-refractivity contribution in [3.05, 3.63) is 66.0 Å². The highest BCUT2D eigenvalue weighted by Crippen LogP contribution is 2.27. The predicted molar refractivity (Wildman–Crippen MR) is 105 cm³/mol. The first-order valence-electron chi connectivity index (χ1n) is 9.12. The Morgan fingerprint density at radius 2 is 1.90 bits per heavy atom. The summed E-state index contributed by atoms with van der Waals surface area (Å²) in [7, 11) is 0. The van der Waals surface area contributed by atoms with Crippen LogP contribution in [0.25, 0.3) is 11.3 Å². The van der Waals surface area contributed by atoms with E-state index < -0.39 is 40.7 Å². The Balaban J connectivity index is 1.82. The van der Waals surface area contributed by atoms with Crippen LogP contribution in [0.1, 0.15) is 16.9 Å². The van der Waals surface area contributed by atoms with E-state index in [4.69, 9.17) is 15.6 Å². The number of carbonyl (C=O) groups is 1. The molecule has 31 heavy (non-hydrogen) atoms. The van der Waals surface area contributed by atoms with Crippen molar-refractivity contribution in [3.63, 3.8) is 0 Å². The molecule has 1 aromatic carbocycles. The molecule has 0 bridgehead atoms. The quantitative estimate of drug-likeness (QED) is 0.498. The van der Waals surface area contributed by atoms with Crippen LogP contribution in [0.4, 0.5) is 18.9 Å². The van der Waals surface area contributed by atoms with Crippen molar-refractivity contribution in [1.29, 1.82) is 0 Å². The van der Waals surface area contributed by atoms with Crippen molar-refractivity contribution in [2.75, 3.05) is 18.5 Å². The Labute approximate surface area is 174 Å². The van der Waals surface area contributed by atoms with Crippen LogP contribution in [0, 0.1) is 17.5 Å². The molecular formula is C20H18F3N5O3. The minimum absolute atomic E-state index is 0.0379. The lowest BCUT2D eigenvalue weighted by molar-refractivity contribution is 0.102. The van der Waals surface area contributed by atoms with Gasteiger partial charge in [0.15, 0.2) is 0 Å². The van der Waals surface area contributed by atoms with Gasteiger partial charge in [-0.15, -0.1) is 0 Å². The van der Waals surface area contributed by atoms with Gasteiger partial charge in [-0.1, -0.05) is 6.07 Å². The Morgan fingerprint density at radius 3 is 2.61 bits per heavy atom. The maximum absolute atomic E-state index is 14.2. The van der Waals surface area contributed by atoms with Crippen molar-refractivity contribution < 1.29 is 27.8 Å². The second kappa shape index (κ2) is 9.96. The van der Waals surface area contributed by atoms with Crippen molar-refractivity contribution >= 4 is 11.6 Å². The van der Waals surface area contributed by atoms with Crippen LogP contribution >= 0.6 is 0 Å². The van der Waals surface area contributed by atoms with Gasteiger partial charge in [0.05, 0.1) is 25.0 Å². The third-order valence-corrected chi connectivity index (χ3v) is 4.16. The van der Waals surface area contributed by atoms with Gasteiger partial charge in [-0.3, -0.25) is 4.79 Å². The molecule has 4 N–H and O–H groups in total. The minimum Gasteiger partial charge on any atom is -0.476 e. The second-order valence-electron chi connectivity index (χ2n) is 6.40. The molecule has 162 valence electrons. The molecule has 0 saturated heterocycles. The summed E-state index contributed by atoms with van der Waals surface area (Å²) in [5, 5.41) is 11.4. The molecule has 1 unspecified atom stereocenters. The highest BCUT2D eigenvalue weighted by atomic mass is 19.1. The van der Waals surface area contributed by atoms with E-state index in [1.165, 1.54) is 12.5 Å². The van der Waals surface area contributed by atoms with E-state index in [0.717, 1.165) is 30.3 Å². The number of rotatable bonds is 8. The number of aliphatic hydroxyl groups is 1. The third-order valence-electron chi connectivity index (χ3n) is 4.16. The monoisotopic (exact) mass is 433 g/mol. The van der Waals surface area contributed by atoms with Crippen LogP contribution in [0.3, 0.4) is 0 Å². The fourth-order valence-corrected chi connectivity index (χ4v) is 2.57. The fourth-order valence-electron chi connectivity index (χ4n) is 2.57. The van der Waals surface area contributed by atoms with Gasteiger partial charge in [-0.25, -0.2) is 23.1 Å². The zero-order chi connectivity index (χ0) is 22.4. The summed E-state index contributed by atoms with van der Waals surface area (Å²) in [6.45, 7) is -0.0922. The largest absolute Gasteiger partial charge is 0.476 e. The maximum atomic E-state index is 14.2. The number of nitrogens with one attached hydrogen (secondary N) is 1. The Hall–Kier alpha value is -3.57. The molecular weight excluding hydrogens is 415 g/mol. The number of anilines is 1. The standard InChI is InChI=1S/C20H18F3N5O3/c21-12-2-1-3-13(22)17(12)18-14(23)4-5-15(27-18)19(30)28-16-8-25-10-26-20(16)31-7-6-11(24)9-29/h1-5,8,10-11,29H,6-7,9,24H2,(H,28,30). The number of nitrogens with two attached hydrogens (primary N) is 1. The van der Waals surface area contributed by atoms with E-state index in [1.807, 2.05) is 0 Å². The molecule has 0 saturated carbocycles. The number of amides is 1. The van der Waals surface area contributed by atoms with E-state index in [1.54, 1.807) is 0 Å². The molecule has 3 rings (SSSR count). The number of hydrogen-bond acceptors (Lipinski definition) is 7. The van der Waals surface area contributed by atoms with E-state index >= 15 is 0 Å². The number of carbonyl (C=O) groups excluding carboxylic acids is 1. The molecule has 0 fully saturated rings. The zero-order valence-corrected chi connectivity index (χ0v) is 16.1. The molecule has 2 aromatic heterocycles. The molecule has 0 aliphatic carbocycles. The minimum atomic E-state index is -1.02. The van der Waals surface area contributed by atoms with Crippen LogP contribution in [0.15, 0.2) is 42.9 Å². The zero-order valence-electron chi connectivity index (χ0n) is 16.1. The lowest BCUT2D eigenvalue weighted by Crippen LogP contribution is -2.26. The van der Waals surface area contributed by atoms with Crippen molar-refractivity contribution in [3.8, 4) is 17.1 Å². The first-order chi connectivity index (χ1) is 14.9. The summed E-state index contributed by atoms with van der Waals surface area (Å²) >= 11 is 0. The smallest absolute Gasteiger partial charge is 0.274 e. The van der Waals surface area contributed by atoms with E-state index in [9.17, 15) is 18.0 Å². The molecule has 2 heterocycles. The molecule has 0 aliphatic rings. The van der Waals surface area contributed by atoms with Gasteiger partial charge in [-0.2, -0.15) is 4.98 Å². The SMILES string of the molecule is NC(CO)CCOc1ncncc1NC(=O)c1ccc(F)c(-c2c(F)cccc2F)n1. The molecule has 0 radical (unpaired) electrons. The van der Waals surface area contributed by atoms with Crippen molar-refractivity contribution in [1.82, 2.24) is 15.0 Å². The molecule has 1 amide bonds. The topological polar surface area (TPSA) is 123 Å². The van der Waals surface area contributed by atoms with Crippen LogP contribution in [-0.2, 0) is 0 Å². The summed E-state index contributed by atoms with van der Waals surface area (Å²) in [5.41, 5.74) is 4.08. The number of halogens is 3. The number of aliphatic hydroxyl groups excluding tert-OH is 1. The van der Waals surface area contributed by atoms with Crippen LogP contribution in [0.5, 0.6) is 5.88 Å². The number of benzene rings is 1. The Bertz CT molecular complexity index is 1060. The summed E-state index contributed by atoms with van der Waals surface area (Å²) < 4.78 is 47.8. The van der Waals surface area contributed by atoms with E-state index in [-0.39, 0.29) is 30.5 Å².